The van der Waals surface area contributed by atoms with Gasteiger partial charge in [-0.15, -0.1) is 0 Å². The molecule has 0 fully saturated rings. The zero-order valence-corrected chi connectivity index (χ0v) is 14.1. The van der Waals surface area contributed by atoms with E-state index in [0.717, 1.165) is 39.1 Å². The maximum Gasteiger partial charge on any atom is 0.0638 e. The van der Waals surface area contributed by atoms with E-state index in [2.05, 4.69) is 46.9 Å². The van der Waals surface area contributed by atoms with E-state index < -0.39 is 0 Å². The Kier molecular flexibility index (Phi) is 8.88. The molecule has 0 spiro atoms. The quantitative estimate of drug-likeness (QED) is 0.583. The van der Waals surface area contributed by atoms with Gasteiger partial charge in [-0.3, -0.25) is 0 Å². The van der Waals surface area contributed by atoms with Gasteiger partial charge >= 0.3 is 0 Å². The summed E-state index contributed by atoms with van der Waals surface area (Å²) in [6, 6.07) is 0. The Morgan fingerprint density at radius 1 is 0.895 bits per heavy atom. The molecule has 0 bridgehead atoms. The minimum absolute atomic E-state index is 0.0224. The van der Waals surface area contributed by atoms with Crippen LogP contribution in [-0.2, 0) is 9.47 Å². The highest BCUT2D eigenvalue weighted by atomic mass is 16.5. The van der Waals surface area contributed by atoms with Gasteiger partial charge in [-0.1, -0.05) is 13.8 Å². The maximum absolute atomic E-state index is 5.91. The van der Waals surface area contributed by atoms with E-state index in [4.69, 9.17) is 9.47 Å². The molecule has 0 radical (unpaired) electrons. The molecule has 0 amide bonds. The molecular weight excluding hydrogens is 238 g/mol. The highest BCUT2D eigenvalue weighted by Gasteiger charge is 2.19. The van der Waals surface area contributed by atoms with E-state index in [1.807, 2.05) is 6.92 Å². The fraction of sp³-hybridized carbons (Fsp3) is 1.00. The number of ether oxygens (including phenoxy) is 2. The van der Waals surface area contributed by atoms with Crippen molar-refractivity contribution in [1.82, 2.24) is 5.32 Å². The van der Waals surface area contributed by atoms with Crippen molar-refractivity contribution in [3.63, 3.8) is 0 Å². The lowest BCUT2D eigenvalue weighted by Gasteiger charge is -2.27. The molecule has 0 aliphatic heterocycles. The summed E-state index contributed by atoms with van der Waals surface area (Å²) in [5.74, 6) is 0.597. The third kappa shape index (κ3) is 11.4. The van der Waals surface area contributed by atoms with Gasteiger partial charge in [0.25, 0.3) is 0 Å². The van der Waals surface area contributed by atoms with Crippen LogP contribution < -0.4 is 5.32 Å². The molecule has 19 heavy (non-hydrogen) atoms. The second kappa shape index (κ2) is 8.93. The Hall–Kier alpha value is -0.120. The van der Waals surface area contributed by atoms with Crippen LogP contribution >= 0.6 is 0 Å². The van der Waals surface area contributed by atoms with Crippen LogP contribution in [0.25, 0.3) is 0 Å². The molecule has 0 aromatic heterocycles. The second-order valence-corrected chi connectivity index (χ2v) is 6.91. The molecule has 0 unspecified atom stereocenters. The number of hydrogen-bond donors (Lipinski definition) is 1. The summed E-state index contributed by atoms with van der Waals surface area (Å²) in [4.78, 5) is 0. The average molecular weight is 273 g/mol. The first-order valence-corrected chi connectivity index (χ1v) is 7.67. The van der Waals surface area contributed by atoms with Crippen LogP contribution in [0.4, 0.5) is 0 Å². The van der Waals surface area contributed by atoms with Crippen molar-refractivity contribution in [2.45, 2.75) is 72.5 Å². The fourth-order valence-corrected chi connectivity index (χ4v) is 1.83. The van der Waals surface area contributed by atoms with Gasteiger partial charge in [0, 0.05) is 13.2 Å². The lowest BCUT2D eigenvalue weighted by atomic mass is 10.0. The molecule has 116 valence electrons. The summed E-state index contributed by atoms with van der Waals surface area (Å²) < 4.78 is 11.6. The largest absolute Gasteiger partial charge is 0.376 e. The SMILES string of the molecule is CCOC(C)(C)CCNCCC(C)(C)OCC(C)C. The van der Waals surface area contributed by atoms with Crippen molar-refractivity contribution in [2.75, 3.05) is 26.3 Å². The van der Waals surface area contributed by atoms with E-state index >= 15 is 0 Å². The van der Waals surface area contributed by atoms with Crippen molar-refractivity contribution >= 4 is 0 Å². The molecule has 3 heteroatoms. The van der Waals surface area contributed by atoms with Gasteiger partial charge < -0.3 is 14.8 Å². The number of nitrogens with one attached hydrogen (secondary N) is 1. The monoisotopic (exact) mass is 273 g/mol. The molecular formula is C16H35NO2. The predicted molar refractivity (Wildman–Crippen MR) is 82.7 cm³/mol. The minimum Gasteiger partial charge on any atom is -0.376 e. The Balaban J connectivity index is 3.68. The molecule has 0 saturated heterocycles. The zero-order valence-electron chi connectivity index (χ0n) is 14.1. The standard InChI is InChI=1S/C16H35NO2/c1-8-18-15(4,5)9-11-17-12-10-16(6,7)19-13-14(2)3/h14,17H,8-13H2,1-7H3. The first-order chi connectivity index (χ1) is 8.68. The normalized spacial score (nSPS) is 13.3. The van der Waals surface area contributed by atoms with E-state index in [1.54, 1.807) is 0 Å². The molecule has 0 atom stereocenters. The van der Waals surface area contributed by atoms with Crippen molar-refractivity contribution < 1.29 is 9.47 Å². The Morgan fingerprint density at radius 3 is 1.79 bits per heavy atom. The summed E-state index contributed by atoms with van der Waals surface area (Å²) in [5.41, 5.74) is -0.0574. The van der Waals surface area contributed by atoms with Crippen LogP contribution in [0.1, 0.15) is 61.3 Å². The van der Waals surface area contributed by atoms with Crippen molar-refractivity contribution in [1.29, 1.82) is 0 Å². The van der Waals surface area contributed by atoms with Crippen LogP contribution in [0, 0.1) is 5.92 Å². The van der Waals surface area contributed by atoms with E-state index in [0.29, 0.717) is 5.92 Å². The average Bonchev–Trinajstić information content (AvgIpc) is 2.25. The summed E-state index contributed by atoms with van der Waals surface area (Å²) in [6.07, 6.45) is 2.07. The third-order valence-corrected chi connectivity index (χ3v) is 3.15. The Morgan fingerprint density at radius 2 is 1.37 bits per heavy atom. The molecule has 0 heterocycles. The number of hydrogen-bond acceptors (Lipinski definition) is 3. The summed E-state index contributed by atoms with van der Waals surface area (Å²) in [5, 5.41) is 3.48. The predicted octanol–water partition coefficient (Wildman–Crippen LogP) is 3.62. The molecule has 0 aliphatic rings. The highest BCUT2D eigenvalue weighted by Crippen LogP contribution is 2.16. The lowest BCUT2D eigenvalue weighted by Crippen LogP contribution is -2.34. The van der Waals surface area contributed by atoms with E-state index in [1.165, 1.54) is 0 Å². The molecule has 1 N–H and O–H groups in total. The van der Waals surface area contributed by atoms with Crippen LogP contribution in [-0.4, -0.2) is 37.5 Å². The topological polar surface area (TPSA) is 30.5 Å². The maximum atomic E-state index is 5.91. The first kappa shape index (κ1) is 18.9. The van der Waals surface area contributed by atoms with E-state index in [9.17, 15) is 0 Å². The highest BCUT2D eigenvalue weighted by molar-refractivity contribution is 4.73. The molecule has 0 aromatic rings. The van der Waals surface area contributed by atoms with Gasteiger partial charge in [0.15, 0.2) is 0 Å². The van der Waals surface area contributed by atoms with Gasteiger partial charge in [-0.2, -0.15) is 0 Å². The van der Waals surface area contributed by atoms with Crippen molar-refractivity contribution in [3.8, 4) is 0 Å². The summed E-state index contributed by atoms with van der Waals surface area (Å²) >= 11 is 0. The Labute approximate surface area is 120 Å². The van der Waals surface area contributed by atoms with Crippen LogP contribution in [0.2, 0.25) is 0 Å². The van der Waals surface area contributed by atoms with Crippen LogP contribution in [0.3, 0.4) is 0 Å². The van der Waals surface area contributed by atoms with Gasteiger partial charge in [0.05, 0.1) is 11.2 Å². The van der Waals surface area contributed by atoms with Crippen LogP contribution in [0.5, 0.6) is 0 Å². The summed E-state index contributed by atoms with van der Waals surface area (Å²) in [7, 11) is 0. The van der Waals surface area contributed by atoms with Gasteiger partial charge in [-0.05, 0) is 66.5 Å². The van der Waals surface area contributed by atoms with Crippen LogP contribution in [0.15, 0.2) is 0 Å². The molecule has 0 aliphatic carbocycles. The first-order valence-electron chi connectivity index (χ1n) is 7.67. The fourth-order valence-electron chi connectivity index (χ4n) is 1.83. The van der Waals surface area contributed by atoms with Crippen molar-refractivity contribution in [3.05, 3.63) is 0 Å². The van der Waals surface area contributed by atoms with Crippen molar-refractivity contribution in [2.24, 2.45) is 5.92 Å². The zero-order chi connectivity index (χ0) is 14.9. The van der Waals surface area contributed by atoms with E-state index in [-0.39, 0.29) is 11.2 Å². The Bertz CT molecular complexity index is 225. The number of rotatable bonds is 11. The third-order valence-electron chi connectivity index (χ3n) is 3.15. The second-order valence-electron chi connectivity index (χ2n) is 6.91. The van der Waals surface area contributed by atoms with Gasteiger partial charge in [-0.25, -0.2) is 0 Å². The molecule has 0 rings (SSSR count). The van der Waals surface area contributed by atoms with Gasteiger partial charge in [0.2, 0.25) is 0 Å². The molecule has 0 saturated carbocycles. The molecule has 0 aromatic carbocycles. The minimum atomic E-state index is -0.0350. The smallest absolute Gasteiger partial charge is 0.0638 e. The van der Waals surface area contributed by atoms with Gasteiger partial charge in [0.1, 0.15) is 0 Å². The molecule has 3 nitrogen and oxygen atoms in total. The summed E-state index contributed by atoms with van der Waals surface area (Å²) in [6.45, 7) is 18.6. The lowest BCUT2D eigenvalue weighted by molar-refractivity contribution is -0.0362.